The minimum atomic E-state index is 0.696. The van der Waals surface area contributed by atoms with E-state index in [2.05, 4.69) is 27.3 Å². The molecule has 3 heteroatoms. The number of aryl methyl sites for hydroxylation is 1. The van der Waals surface area contributed by atoms with E-state index in [4.69, 9.17) is 0 Å². The predicted molar refractivity (Wildman–Crippen MR) is 73.4 cm³/mol. The van der Waals surface area contributed by atoms with Crippen LogP contribution in [0.15, 0.2) is 18.3 Å². The summed E-state index contributed by atoms with van der Waals surface area (Å²) in [5.74, 6) is 0. The molecule has 2 heterocycles. The van der Waals surface area contributed by atoms with Gasteiger partial charge in [0.05, 0.1) is 0 Å². The van der Waals surface area contributed by atoms with Gasteiger partial charge in [0.15, 0.2) is 0 Å². The van der Waals surface area contributed by atoms with E-state index in [9.17, 15) is 0 Å². The summed E-state index contributed by atoms with van der Waals surface area (Å²) in [6.45, 7) is 5.56. The van der Waals surface area contributed by atoms with Crippen molar-refractivity contribution < 1.29 is 0 Å². The summed E-state index contributed by atoms with van der Waals surface area (Å²) in [7, 11) is 0. The summed E-state index contributed by atoms with van der Waals surface area (Å²) in [6, 6.07) is 5.90. The highest BCUT2D eigenvalue weighted by molar-refractivity contribution is 5.12. The largest absolute Gasteiger partial charge is 0.310 e. The van der Waals surface area contributed by atoms with Crippen LogP contribution < -0.4 is 5.32 Å². The number of pyridine rings is 1. The van der Waals surface area contributed by atoms with Gasteiger partial charge in [0.25, 0.3) is 0 Å². The monoisotopic (exact) mass is 245 g/mol. The predicted octanol–water partition coefficient (Wildman–Crippen LogP) is 2.11. The van der Waals surface area contributed by atoms with Crippen LogP contribution in [0.5, 0.6) is 0 Å². The molecule has 1 aromatic heterocycles. The molecule has 18 heavy (non-hydrogen) atoms. The lowest BCUT2D eigenvalue weighted by Gasteiger charge is -2.32. The van der Waals surface area contributed by atoms with Gasteiger partial charge in [-0.3, -0.25) is 4.98 Å². The first-order valence-corrected chi connectivity index (χ1v) is 7.20. The van der Waals surface area contributed by atoms with Gasteiger partial charge in [-0.1, -0.05) is 6.07 Å². The molecular formula is C15H23N3. The van der Waals surface area contributed by atoms with Crippen molar-refractivity contribution in [3.63, 3.8) is 0 Å². The fourth-order valence-corrected chi connectivity index (χ4v) is 2.77. The van der Waals surface area contributed by atoms with Crippen molar-refractivity contribution >= 4 is 0 Å². The third-order valence-corrected chi connectivity index (χ3v) is 4.16. The Morgan fingerprint density at radius 2 is 2.00 bits per heavy atom. The number of hydrogen-bond donors (Lipinski definition) is 1. The molecule has 3 nitrogen and oxygen atoms in total. The van der Waals surface area contributed by atoms with Crippen molar-refractivity contribution in [3.05, 3.63) is 29.6 Å². The van der Waals surface area contributed by atoms with Gasteiger partial charge < -0.3 is 10.2 Å². The summed E-state index contributed by atoms with van der Waals surface area (Å²) in [5, 5.41) is 3.67. The van der Waals surface area contributed by atoms with E-state index < -0.39 is 0 Å². The van der Waals surface area contributed by atoms with Crippen molar-refractivity contribution in [1.29, 1.82) is 0 Å². The zero-order valence-electron chi connectivity index (χ0n) is 11.2. The fraction of sp³-hybridized carbons (Fsp3) is 0.667. The highest BCUT2D eigenvalue weighted by Gasteiger charge is 2.31. The lowest BCUT2D eigenvalue weighted by molar-refractivity contribution is 0.189. The van der Waals surface area contributed by atoms with Crippen LogP contribution in [0.3, 0.4) is 0 Å². The van der Waals surface area contributed by atoms with Crippen LogP contribution in [0.2, 0.25) is 0 Å². The molecule has 1 saturated heterocycles. The third kappa shape index (κ3) is 3.09. The van der Waals surface area contributed by atoms with Crippen molar-refractivity contribution in [2.24, 2.45) is 0 Å². The average molecular weight is 245 g/mol. The number of nitrogens with one attached hydrogen (secondary N) is 1. The molecule has 1 aliphatic heterocycles. The first-order valence-electron chi connectivity index (χ1n) is 7.20. The molecule has 0 aromatic carbocycles. The number of likely N-dealkylation sites (tertiary alicyclic amines) is 1. The molecule has 1 saturated carbocycles. The second kappa shape index (κ2) is 5.37. The zero-order valence-corrected chi connectivity index (χ0v) is 11.2. The molecule has 98 valence electrons. The Hall–Kier alpha value is -0.930. The maximum atomic E-state index is 4.34. The molecule has 1 aliphatic carbocycles. The van der Waals surface area contributed by atoms with E-state index in [1.165, 1.54) is 44.3 Å². The van der Waals surface area contributed by atoms with Crippen molar-refractivity contribution in [1.82, 2.24) is 15.2 Å². The van der Waals surface area contributed by atoms with Gasteiger partial charge in [0.2, 0.25) is 0 Å². The van der Waals surface area contributed by atoms with E-state index >= 15 is 0 Å². The van der Waals surface area contributed by atoms with Gasteiger partial charge in [-0.15, -0.1) is 0 Å². The number of piperidine rings is 1. The van der Waals surface area contributed by atoms with E-state index in [1.54, 1.807) is 0 Å². The van der Waals surface area contributed by atoms with Gasteiger partial charge >= 0.3 is 0 Å². The molecule has 0 radical (unpaired) electrons. The standard InChI is InChI=1S/C15H23N3/c1-12-2-3-13(10-16-12)11-17-14-6-8-18(9-7-14)15-4-5-15/h2-3,10,14-15,17H,4-9,11H2,1H3. The van der Waals surface area contributed by atoms with Crippen LogP contribution in [0.1, 0.15) is 36.9 Å². The lowest BCUT2D eigenvalue weighted by Crippen LogP contribution is -2.43. The SMILES string of the molecule is Cc1ccc(CNC2CCN(C3CC3)CC2)cn1. The molecule has 3 rings (SSSR count). The summed E-state index contributed by atoms with van der Waals surface area (Å²) < 4.78 is 0. The van der Waals surface area contributed by atoms with Crippen molar-refractivity contribution in [2.75, 3.05) is 13.1 Å². The first-order chi connectivity index (χ1) is 8.81. The van der Waals surface area contributed by atoms with Crippen LogP contribution in [0, 0.1) is 6.92 Å². The quantitative estimate of drug-likeness (QED) is 0.880. The lowest BCUT2D eigenvalue weighted by atomic mass is 10.0. The van der Waals surface area contributed by atoms with Crippen LogP contribution in [-0.2, 0) is 6.54 Å². The molecular weight excluding hydrogens is 222 g/mol. The Morgan fingerprint density at radius 3 is 2.61 bits per heavy atom. The van der Waals surface area contributed by atoms with Crippen molar-refractivity contribution in [3.8, 4) is 0 Å². The highest BCUT2D eigenvalue weighted by atomic mass is 15.2. The van der Waals surface area contributed by atoms with Gasteiger partial charge in [-0.25, -0.2) is 0 Å². The highest BCUT2D eigenvalue weighted by Crippen LogP contribution is 2.29. The van der Waals surface area contributed by atoms with Crippen LogP contribution in [-0.4, -0.2) is 35.1 Å². The number of aromatic nitrogens is 1. The van der Waals surface area contributed by atoms with Crippen LogP contribution in [0.4, 0.5) is 0 Å². The maximum absolute atomic E-state index is 4.34. The summed E-state index contributed by atoms with van der Waals surface area (Å²) in [5.41, 5.74) is 2.39. The van der Waals surface area contributed by atoms with E-state index in [0.717, 1.165) is 18.3 Å². The molecule has 0 bridgehead atoms. The Balaban J connectivity index is 1.42. The van der Waals surface area contributed by atoms with Gasteiger partial charge in [0.1, 0.15) is 0 Å². The Labute approximate surface area is 110 Å². The van der Waals surface area contributed by atoms with Gasteiger partial charge in [-0.05, 0) is 57.3 Å². The van der Waals surface area contributed by atoms with Crippen LogP contribution >= 0.6 is 0 Å². The molecule has 1 N–H and O–H groups in total. The van der Waals surface area contributed by atoms with Gasteiger partial charge in [-0.2, -0.15) is 0 Å². The summed E-state index contributed by atoms with van der Waals surface area (Å²) in [4.78, 5) is 7.01. The molecule has 2 aliphatic rings. The number of nitrogens with zero attached hydrogens (tertiary/aromatic N) is 2. The maximum Gasteiger partial charge on any atom is 0.0372 e. The van der Waals surface area contributed by atoms with Crippen LogP contribution in [0.25, 0.3) is 0 Å². The second-order valence-corrected chi connectivity index (χ2v) is 5.73. The van der Waals surface area contributed by atoms with E-state index in [0.29, 0.717) is 6.04 Å². The third-order valence-electron chi connectivity index (χ3n) is 4.16. The minimum absolute atomic E-state index is 0.696. The molecule has 0 spiro atoms. The average Bonchev–Trinajstić information content (AvgIpc) is 3.23. The Morgan fingerprint density at radius 1 is 1.22 bits per heavy atom. The first kappa shape index (κ1) is 12.1. The molecule has 2 fully saturated rings. The topological polar surface area (TPSA) is 28.2 Å². The second-order valence-electron chi connectivity index (χ2n) is 5.73. The number of rotatable bonds is 4. The normalized spacial score (nSPS) is 22.3. The Bertz CT molecular complexity index is 375. The van der Waals surface area contributed by atoms with E-state index in [-0.39, 0.29) is 0 Å². The Kier molecular flexibility index (Phi) is 3.62. The number of hydrogen-bond acceptors (Lipinski definition) is 3. The minimum Gasteiger partial charge on any atom is -0.310 e. The van der Waals surface area contributed by atoms with E-state index in [1.807, 2.05) is 13.1 Å². The molecule has 0 unspecified atom stereocenters. The smallest absolute Gasteiger partial charge is 0.0372 e. The molecule has 1 aromatic rings. The molecule has 0 atom stereocenters. The zero-order chi connectivity index (χ0) is 12.4. The fourth-order valence-electron chi connectivity index (χ4n) is 2.77. The summed E-state index contributed by atoms with van der Waals surface area (Å²) in [6.07, 6.45) is 7.47. The van der Waals surface area contributed by atoms with Crippen molar-refractivity contribution in [2.45, 2.75) is 51.2 Å². The summed E-state index contributed by atoms with van der Waals surface area (Å²) >= 11 is 0. The molecule has 0 amide bonds. The van der Waals surface area contributed by atoms with Gasteiger partial charge in [0, 0.05) is 30.5 Å².